The molecule has 0 radical (unpaired) electrons. The van der Waals surface area contributed by atoms with E-state index in [-0.39, 0.29) is 0 Å². The van der Waals surface area contributed by atoms with Gasteiger partial charge in [0, 0.05) is 0 Å². The molecular formula is C11H22N2. The molecule has 2 saturated heterocycles. The normalized spacial score (nSPS) is 25.8. The first kappa shape index (κ1) is 9.47. The molecule has 76 valence electrons. The van der Waals surface area contributed by atoms with Gasteiger partial charge in [0.1, 0.15) is 0 Å². The maximum absolute atomic E-state index is 2.62. The van der Waals surface area contributed by atoms with E-state index < -0.39 is 0 Å². The molecule has 0 aromatic rings. The van der Waals surface area contributed by atoms with Crippen molar-refractivity contribution in [2.45, 2.75) is 32.1 Å². The fourth-order valence-electron chi connectivity index (χ4n) is 2.53. The second-order valence-electron chi connectivity index (χ2n) is 4.45. The third-order valence-corrected chi connectivity index (χ3v) is 3.35. The smallest absolute Gasteiger partial charge is 0.000655 e. The number of nitrogens with zero attached hydrogens (tertiary/aromatic N) is 2. The van der Waals surface area contributed by atoms with Crippen molar-refractivity contribution in [3.63, 3.8) is 0 Å². The van der Waals surface area contributed by atoms with E-state index in [1.54, 1.807) is 0 Å². The predicted molar refractivity (Wildman–Crippen MR) is 56.0 cm³/mol. The summed E-state index contributed by atoms with van der Waals surface area (Å²) in [4.78, 5) is 5.24. The number of hydrogen-bond donors (Lipinski definition) is 0. The number of rotatable bonds is 4. The van der Waals surface area contributed by atoms with Crippen molar-refractivity contribution in [2.24, 2.45) is 0 Å². The van der Waals surface area contributed by atoms with Crippen LogP contribution in [0.15, 0.2) is 0 Å². The molecule has 0 amide bonds. The highest BCUT2D eigenvalue weighted by molar-refractivity contribution is 4.69. The molecule has 0 spiro atoms. The van der Waals surface area contributed by atoms with Gasteiger partial charge in [-0.3, -0.25) is 0 Å². The Kier molecular flexibility index (Phi) is 3.62. The molecule has 2 heteroatoms. The molecule has 0 aromatic heterocycles. The largest absolute Gasteiger partial charge is 0.303 e. The van der Waals surface area contributed by atoms with Gasteiger partial charge in [-0.15, -0.1) is 0 Å². The van der Waals surface area contributed by atoms with Crippen LogP contribution in [0.1, 0.15) is 32.1 Å². The molecule has 2 aliphatic rings. The number of hydrogen-bond acceptors (Lipinski definition) is 2. The highest BCUT2D eigenvalue weighted by Crippen LogP contribution is 2.10. The Morgan fingerprint density at radius 3 is 1.38 bits per heavy atom. The fraction of sp³-hybridized carbons (Fsp3) is 1.00. The lowest BCUT2D eigenvalue weighted by Gasteiger charge is -2.18. The molecule has 2 heterocycles. The van der Waals surface area contributed by atoms with Crippen LogP contribution in [0, 0.1) is 0 Å². The molecule has 0 unspecified atom stereocenters. The number of likely N-dealkylation sites (tertiary alicyclic amines) is 2. The van der Waals surface area contributed by atoms with Gasteiger partial charge in [-0.25, -0.2) is 0 Å². The van der Waals surface area contributed by atoms with E-state index >= 15 is 0 Å². The van der Waals surface area contributed by atoms with Gasteiger partial charge in [0.25, 0.3) is 0 Å². The Morgan fingerprint density at radius 2 is 1.00 bits per heavy atom. The lowest BCUT2D eigenvalue weighted by atomic mass is 10.3. The Hall–Kier alpha value is -0.0800. The Bertz CT molecular complexity index is 119. The fourth-order valence-corrected chi connectivity index (χ4v) is 2.53. The van der Waals surface area contributed by atoms with Gasteiger partial charge in [-0.1, -0.05) is 0 Å². The summed E-state index contributed by atoms with van der Waals surface area (Å²) < 4.78 is 0. The van der Waals surface area contributed by atoms with E-state index in [0.717, 1.165) is 0 Å². The van der Waals surface area contributed by atoms with Gasteiger partial charge in [0.2, 0.25) is 0 Å². The van der Waals surface area contributed by atoms with Crippen LogP contribution in [0.25, 0.3) is 0 Å². The lowest BCUT2D eigenvalue weighted by molar-refractivity contribution is 0.280. The Morgan fingerprint density at radius 1 is 0.615 bits per heavy atom. The molecule has 0 aromatic carbocycles. The van der Waals surface area contributed by atoms with Crippen LogP contribution in [0.5, 0.6) is 0 Å². The lowest BCUT2D eigenvalue weighted by Crippen LogP contribution is -2.26. The summed E-state index contributed by atoms with van der Waals surface area (Å²) in [5.41, 5.74) is 0. The van der Waals surface area contributed by atoms with Gasteiger partial charge in [-0.05, 0) is 71.4 Å². The SMILES string of the molecule is C1CCN(CCCN2CCCC2)C1. The van der Waals surface area contributed by atoms with Crippen molar-refractivity contribution in [1.29, 1.82) is 0 Å². The monoisotopic (exact) mass is 182 g/mol. The maximum Gasteiger partial charge on any atom is -0.000655 e. The van der Waals surface area contributed by atoms with Crippen molar-refractivity contribution in [2.75, 3.05) is 39.3 Å². The van der Waals surface area contributed by atoms with Crippen LogP contribution < -0.4 is 0 Å². The molecule has 0 atom stereocenters. The minimum Gasteiger partial charge on any atom is -0.303 e. The van der Waals surface area contributed by atoms with Crippen LogP contribution in [0.3, 0.4) is 0 Å². The zero-order valence-electron chi connectivity index (χ0n) is 8.67. The summed E-state index contributed by atoms with van der Waals surface area (Å²) in [7, 11) is 0. The first-order chi connectivity index (χ1) is 6.45. The molecule has 0 saturated carbocycles. The van der Waals surface area contributed by atoms with Crippen molar-refractivity contribution < 1.29 is 0 Å². The van der Waals surface area contributed by atoms with Gasteiger partial charge in [0.15, 0.2) is 0 Å². The maximum atomic E-state index is 2.62. The molecule has 0 aliphatic carbocycles. The molecule has 2 fully saturated rings. The van der Waals surface area contributed by atoms with E-state index in [9.17, 15) is 0 Å². The second-order valence-corrected chi connectivity index (χ2v) is 4.45. The van der Waals surface area contributed by atoms with Crippen molar-refractivity contribution in [1.82, 2.24) is 9.80 Å². The molecule has 2 rings (SSSR count). The van der Waals surface area contributed by atoms with Crippen LogP contribution >= 0.6 is 0 Å². The zero-order chi connectivity index (χ0) is 8.93. The zero-order valence-corrected chi connectivity index (χ0v) is 8.67. The van der Waals surface area contributed by atoms with E-state index in [4.69, 9.17) is 0 Å². The third-order valence-electron chi connectivity index (χ3n) is 3.35. The van der Waals surface area contributed by atoms with Gasteiger partial charge < -0.3 is 9.80 Å². The highest BCUT2D eigenvalue weighted by Gasteiger charge is 2.13. The predicted octanol–water partition coefficient (Wildman–Crippen LogP) is 1.57. The van der Waals surface area contributed by atoms with Crippen LogP contribution in [-0.4, -0.2) is 49.1 Å². The summed E-state index contributed by atoms with van der Waals surface area (Å²) in [6.45, 7) is 8.13. The first-order valence-corrected chi connectivity index (χ1v) is 5.90. The van der Waals surface area contributed by atoms with Crippen LogP contribution in [0.2, 0.25) is 0 Å². The summed E-state index contributed by atoms with van der Waals surface area (Å²) >= 11 is 0. The van der Waals surface area contributed by atoms with Crippen LogP contribution in [-0.2, 0) is 0 Å². The van der Waals surface area contributed by atoms with E-state index in [1.165, 1.54) is 71.4 Å². The van der Waals surface area contributed by atoms with Crippen molar-refractivity contribution in [3.8, 4) is 0 Å². The second kappa shape index (κ2) is 4.97. The highest BCUT2D eigenvalue weighted by atomic mass is 15.2. The third kappa shape index (κ3) is 2.96. The minimum absolute atomic E-state index is 1.34. The molecular weight excluding hydrogens is 160 g/mol. The topological polar surface area (TPSA) is 6.48 Å². The average Bonchev–Trinajstić information content (AvgIpc) is 2.75. The van der Waals surface area contributed by atoms with Crippen LogP contribution in [0.4, 0.5) is 0 Å². The van der Waals surface area contributed by atoms with E-state index in [0.29, 0.717) is 0 Å². The summed E-state index contributed by atoms with van der Waals surface area (Å²) in [5.74, 6) is 0. The molecule has 0 N–H and O–H groups in total. The van der Waals surface area contributed by atoms with E-state index in [1.807, 2.05) is 0 Å². The van der Waals surface area contributed by atoms with Gasteiger partial charge in [0.05, 0.1) is 0 Å². The first-order valence-electron chi connectivity index (χ1n) is 5.90. The molecule has 2 nitrogen and oxygen atoms in total. The molecule has 13 heavy (non-hydrogen) atoms. The van der Waals surface area contributed by atoms with E-state index in [2.05, 4.69) is 9.80 Å². The summed E-state index contributed by atoms with van der Waals surface area (Å²) in [6, 6.07) is 0. The standard InChI is InChI=1S/C11H22N2/c1-2-7-12(6-1)10-5-11-13-8-3-4-9-13/h1-11H2. The quantitative estimate of drug-likeness (QED) is 0.651. The summed E-state index contributed by atoms with van der Waals surface area (Å²) in [6.07, 6.45) is 7.13. The van der Waals surface area contributed by atoms with Gasteiger partial charge in [-0.2, -0.15) is 0 Å². The molecule has 2 aliphatic heterocycles. The Balaban J connectivity index is 1.52. The van der Waals surface area contributed by atoms with Gasteiger partial charge >= 0.3 is 0 Å². The minimum atomic E-state index is 1.34. The molecule has 0 bridgehead atoms. The van der Waals surface area contributed by atoms with Crippen molar-refractivity contribution in [3.05, 3.63) is 0 Å². The van der Waals surface area contributed by atoms with Crippen molar-refractivity contribution >= 4 is 0 Å². The summed E-state index contributed by atoms with van der Waals surface area (Å²) in [5, 5.41) is 0. The average molecular weight is 182 g/mol. The Labute approximate surface area is 81.9 Å².